The smallest absolute Gasteiger partial charge is 0.264 e. The Morgan fingerprint density at radius 2 is 1.97 bits per heavy atom. The van der Waals surface area contributed by atoms with Crippen LogP contribution in [-0.2, 0) is 4.79 Å². The Labute approximate surface area is 185 Å². The fourth-order valence-corrected chi connectivity index (χ4v) is 3.25. The van der Waals surface area contributed by atoms with Crippen molar-refractivity contribution in [2.75, 3.05) is 22.3 Å². The standard InChI is InChI=1S/C22H25N7OS/c1-15-9-10-16(2)19(13-15)24-20(30)14-31-22-28-27-21(29(22)23)26-25-17(3)11-12-18-7-5-4-6-8-18/h4-13H,14,23H2,1-3H3,(H,24,30)(H,26,27)/b12-11+,25-17+. The minimum absolute atomic E-state index is 0.142. The second kappa shape index (κ2) is 10.4. The first-order valence-electron chi connectivity index (χ1n) is 9.66. The summed E-state index contributed by atoms with van der Waals surface area (Å²) in [5.74, 6) is 6.32. The normalized spacial score (nSPS) is 11.6. The predicted molar refractivity (Wildman–Crippen MR) is 128 cm³/mol. The van der Waals surface area contributed by atoms with Crippen LogP contribution in [0.4, 0.5) is 11.6 Å². The summed E-state index contributed by atoms with van der Waals surface area (Å²) in [7, 11) is 0. The van der Waals surface area contributed by atoms with E-state index >= 15 is 0 Å². The highest BCUT2D eigenvalue weighted by Crippen LogP contribution is 2.19. The molecule has 3 rings (SSSR count). The van der Waals surface area contributed by atoms with Gasteiger partial charge in [-0.1, -0.05) is 60.3 Å². The number of nitrogens with zero attached hydrogens (tertiary/aromatic N) is 4. The maximum absolute atomic E-state index is 12.3. The molecule has 0 radical (unpaired) electrons. The third kappa shape index (κ3) is 6.45. The van der Waals surface area contributed by atoms with E-state index in [9.17, 15) is 4.79 Å². The fraction of sp³-hybridized carbons (Fsp3) is 0.182. The first kappa shape index (κ1) is 22.1. The molecule has 160 valence electrons. The van der Waals surface area contributed by atoms with E-state index < -0.39 is 0 Å². The molecule has 1 aromatic heterocycles. The van der Waals surface area contributed by atoms with Crippen LogP contribution in [0.3, 0.4) is 0 Å². The molecule has 0 spiro atoms. The van der Waals surface area contributed by atoms with Gasteiger partial charge in [-0.2, -0.15) is 5.10 Å². The number of anilines is 2. The number of carbonyl (C=O) groups excluding carboxylic acids is 1. The predicted octanol–water partition coefficient (Wildman–Crippen LogP) is 3.84. The van der Waals surface area contributed by atoms with E-state index in [1.807, 2.05) is 81.5 Å². The molecular weight excluding hydrogens is 410 g/mol. The maximum atomic E-state index is 12.3. The monoisotopic (exact) mass is 435 g/mol. The molecule has 8 nitrogen and oxygen atoms in total. The van der Waals surface area contributed by atoms with Gasteiger partial charge < -0.3 is 11.2 Å². The SMILES string of the molecule is CC(/C=C/c1ccccc1)=N\Nc1nnc(SCC(=O)Nc2cc(C)ccc2C)n1N. The van der Waals surface area contributed by atoms with Crippen molar-refractivity contribution >= 4 is 41.1 Å². The number of carbonyl (C=O) groups is 1. The molecule has 0 aliphatic rings. The lowest BCUT2D eigenvalue weighted by atomic mass is 10.1. The van der Waals surface area contributed by atoms with Gasteiger partial charge in [-0.3, -0.25) is 4.79 Å². The summed E-state index contributed by atoms with van der Waals surface area (Å²) in [5, 5.41) is 15.6. The van der Waals surface area contributed by atoms with Crippen LogP contribution < -0.4 is 16.6 Å². The maximum Gasteiger partial charge on any atom is 0.264 e. The van der Waals surface area contributed by atoms with Gasteiger partial charge in [-0.15, -0.1) is 10.2 Å². The Kier molecular flexibility index (Phi) is 7.45. The minimum atomic E-state index is -0.142. The van der Waals surface area contributed by atoms with Crippen LogP contribution in [0, 0.1) is 13.8 Å². The van der Waals surface area contributed by atoms with Crippen LogP contribution in [0.15, 0.2) is 64.9 Å². The molecule has 2 aromatic carbocycles. The largest absolute Gasteiger partial charge is 0.334 e. The molecule has 0 unspecified atom stereocenters. The van der Waals surface area contributed by atoms with Crippen molar-refractivity contribution in [2.24, 2.45) is 5.10 Å². The van der Waals surface area contributed by atoms with Crippen molar-refractivity contribution in [1.29, 1.82) is 0 Å². The molecule has 0 aliphatic carbocycles. The lowest BCUT2D eigenvalue weighted by Crippen LogP contribution is -2.17. The Bertz CT molecular complexity index is 1110. The summed E-state index contributed by atoms with van der Waals surface area (Å²) in [6.07, 6.45) is 3.84. The van der Waals surface area contributed by atoms with E-state index in [0.29, 0.717) is 5.16 Å². The van der Waals surface area contributed by atoms with Gasteiger partial charge in [-0.25, -0.2) is 10.1 Å². The molecule has 1 amide bonds. The number of nitrogen functional groups attached to an aromatic ring is 1. The Morgan fingerprint density at radius 3 is 2.74 bits per heavy atom. The lowest BCUT2D eigenvalue weighted by Gasteiger charge is -2.09. The zero-order chi connectivity index (χ0) is 22.2. The zero-order valence-corrected chi connectivity index (χ0v) is 18.5. The molecule has 1 heterocycles. The highest BCUT2D eigenvalue weighted by Gasteiger charge is 2.12. The number of hydrogen-bond donors (Lipinski definition) is 3. The van der Waals surface area contributed by atoms with Gasteiger partial charge in [0.25, 0.3) is 5.95 Å². The van der Waals surface area contributed by atoms with E-state index in [1.165, 1.54) is 16.4 Å². The van der Waals surface area contributed by atoms with Gasteiger partial charge in [0.2, 0.25) is 11.1 Å². The van der Waals surface area contributed by atoms with Gasteiger partial charge in [0, 0.05) is 5.69 Å². The number of amides is 1. The van der Waals surface area contributed by atoms with E-state index in [4.69, 9.17) is 5.84 Å². The topological polar surface area (TPSA) is 110 Å². The van der Waals surface area contributed by atoms with Crippen LogP contribution in [0.1, 0.15) is 23.6 Å². The molecule has 3 aromatic rings. The van der Waals surface area contributed by atoms with Gasteiger partial charge in [0.05, 0.1) is 11.5 Å². The number of hydrogen-bond acceptors (Lipinski definition) is 7. The van der Waals surface area contributed by atoms with Crippen LogP contribution in [0.5, 0.6) is 0 Å². The minimum Gasteiger partial charge on any atom is -0.334 e. The van der Waals surface area contributed by atoms with Gasteiger partial charge in [0.1, 0.15) is 0 Å². The van der Waals surface area contributed by atoms with E-state index in [0.717, 1.165) is 28.1 Å². The van der Waals surface area contributed by atoms with Crippen molar-refractivity contribution in [3.63, 3.8) is 0 Å². The first-order chi connectivity index (χ1) is 14.9. The van der Waals surface area contributed by atoms with E-state index in [-0.39, 0.29) is 17.6 Å². The number of nitrogens with one attached hydrogen (secondary N) is 2. The molecule has 0 saturated heterocycles. The number of rotatable bonds is 8. The average molecular weight is 436 g/mol. The molecule has 0 saturated carbocycles. The van der Waals surface area contributed by atoms with Crippen LogP contribution >= 0.6 is 11.8 Å². The molecule has 9 heteroatoms. The highest BCUT2D eigenvalue weighted by atomic mass is 32.2. The van der Waals surface area contributed by atoms with Crippen molar-refractivity contribution < 1.29 is 4.79 Å². The number of aromatic nitrogens is 3. The van der Waals surface area contributed by atoms with Crippen molar-refractivity contribution in [2.45, 2.75) is 25.9 Å². The Balaban J connectivity index is 1.54. The summed E-state index contributed by atoms with van der Waals surface area (Å²) < 4.78 is 1.27. The van der Waals surface area contributed by atoms with E-state index in [2.05, 4.69) is 26.0 Å². The number of aryl methyl sites for hydroxylation is 2. The van der Waals surface area contributed by atoms with Crippen molar-refractivity contribution in [3.8, 4) is 0 Å². The van der Waals surface area contributed by atoms with Crippen molar-refractivity contribution in [1.82, 2.24) is 14.9 Å². The summed E-state index contributed by atoms with van der Waals surface area (Å²) in [5.41, 5.74) is 7.51. The second-order valence-corrected chi connectivity index (χ2v) is 7.88. The number of allylic oxidation sites excluding steroid dienone is 1. The van der Waals surface area contributed by atoms with Crippen molar-refractivity contribution in [3.05, 3.63) is 71.3 Å². The number of hydrazone groups is 1. The summed E-state index contributed by atoms with van der Waals surface area (Å²) in [4.78, 5) is 12.3. The van der Waals surface area contributed by atoms with Crippen LogP contribution in [-0.4, -0.2) is 32.2 Å². The number of benzene rings is 2. The molecule has 31 heavy (non-hydrogen) atoms. The number of nitrogens with two attached hydrogens (primary N) is 1. The molecule has 0 atom stereocenters. The summed E-state index contributed by atoms with van der Waals surface area (Å²) >= 11 is 1.20. The zero-order valence-electron chi connectivity index (χ0n) is 17.7. The molecule has 0 aliphatic heterocycles. The quantitative estimate of drug-likeness (QED) is 0.215. The molecule has 4 N–H and O–H groups in total. The third-order valence-electron chi connectivity index (χ3n) is 4.31. The summed E-state index contributed by atoms with van der Waals surface area (Å²) in [6.45, 7) is 5.79. The summed E-state index contributed by atoms with van der Waals surface area (Å²) in [6, 6.07) is 15.9. The fourth-order valence-electron chi connectivity index (χ4n) is 2.60. The molecule has 0 bridgehead atoms. The second-order valence-electron chi connectivity index (χ2n) is 6.94. The van der Waals surface area contributed by atoms with Gasteiger partial charge in [0.15, 0.2) is 0 Å². The third-order valence-corrected chi connectivity index (χ3v) is 5.26. The van der Waals surface area contributed by atoms with Gasteiger partial charge >= 0.3 is 0 Å². The van der Waals surface area contributed by atoms with Crippen LogP contribution in [0.2, 0.25) is 0 Å². The van der Waals surface area contributed by atoms with Gasteiger partial charge in [-0.05, 0) is 49.6 Å². The number of thioether (sulfide) groups is 1. The van der Waals surface area contributed by atoms with E-state index in [1.54, 1.807) is 0 Å². The van der Waals surface area contributed by atoms with Crippen LogP contribution in [0.25, 0.3) is 6.08 Å². The lowest BCUT2D eigenvalue weighted by molar-refractivity contribution is -0.113. The first-order valence-corrected chi connectivity index (χ1v) is 10.6. The highest BCUT2D eigenvalue weighted by molar-refractivity contribution is 7.99. The molecular formula is C22H25N7OS. The average Bonchev–Trinajstić information content (AvgIpc) is 3.12. The molecule has 0 fully saturated rings. The Hall–Kier alpha value is -3.59. The Morgan fingerprint density at radius 1 is 1.19 bits per heavy atom.